The van der Waals surface area contributed by atoms with Crippen LogP contribution in [0.1, 0.15) is 16.2 Å². The fourth-order valence-corrected chi connectivity index (χ4v) is 3.07. The summed E-state index contributed by atoms with van der Waals surface area (Å²) in [5.41, 5.74) is 6.62. The number of rotatable bonds is 4. The second-order valence-corrected chi connectivity index (χ2v) is 6.33. The molecule has 4 rings (SSSR count). The number of benzene rings is 1. The SMILES string of the molecule is [B]C(O)(O)c1cccc(-c2ccccc2-c2ccc3ncc(C(N)=O)n3c2)n1. The van der Waals surface area contributed by atoms with Crippen molar-refractivity contribution < 1.29 is 15.0 Å². The lowest BCUT2D eigenvalue weighted by atomic mass is 9.90. The first-order chi connectivity index (χ1) is 13.3. The number of primary amides is 1. The van der Waals surface area contributed by atoms with Gasteiger partial charge in [-0.1, -0.05) is 30.3 Å². The highest BCUT2D eigenvalue weighted by Gasteiger charge is 2.20. The van der Waals surface area contributed by atoms with E-state index in [9.17, 15) is 15.0 Å². The summed E-state index contributed by atoms with van der Waals surface area (Å²) in [6.07, 6.45) is 3.21. The molecular weight excluding hydrogens is 355 g/mol. The molecule has 0 saturated heterocycles. The van der Waals surface area contributed by atoms with E-state index in [1.54, 1.807) is 28.8 Å². The number of carbonyl (C=O) groups is 1. The maximum atomic E-state index is 11.6. The van der Waals surface area contributed by atoms with E-state index in [2.05, 4.69) is 9.97 Å². The Morgan fingerprint density at radius 1 is 1.04 bits per heavy atom. The molecule has 1 aromatic carbocycles. The largest absolute Gasteiger partial charge is 0.369 e. The van der Waals surface area contributed by atoms with Crippen LogP contribution in [0, 0.1) is 0 Å². The van der Waals surface area contributed by atoms with Gasteiger partial charge in [0.05, 0.1) is 17.6 Å². The van der Waals surface area contributed by atoms with Crippen molar-refractivity contribution in [1.29, 1.82) is 0 Å². The number of pyridine rings is 2. The van der Waals surface area contributed by atoms with Gasteiger partial charge in [0.15, 0.2) is 13.5 Å². The number of carbonyl (C=O) groups excluding carboxylic acids is 1. The van der Waals surface area contributed by atoms with Crippen LogP contribution in [0.25, 0.3) is 28.0 Å². The average molecular weight is 370 g/mol. The standard InChI is InChI=1S/C20H15BN4O3/c21-20(27,28)17-7-3-6-15(24-17)14-5-2-1-4-13(14)12-8-9-18-23-10-16(19(22)26)25(18)11-12/h1-11,27-28H,(H2,22,26). The van der Waals surface area contributed by atoms with E-state index in [0.717, 1.165) is 16.7 Å². The van der Waals surface area contributed by atoms with Gasteiger partial charge in [-0.05, 0) is 35.4 Å². The molecule has 2 radical (unpaired) electrons. The van der Waals surface area contributed by atoms with Gasteiger partial charge in [-0.2, -0.15) is 0 Å². The minimum atomic E-state index is -2.53. The zero-order valence-corrected chi connectivity index (χ0v) is 14.6. The maximum Gasteiger partial charge on any atom is 0.267 e. The molecule has 0 unspecified atom stereocenters. The molecule has 8 heteroatoms. The zero-order chi connectivity index (χ0) is 19.9. The van der Waals surface area contributed by atoms with E-state index in [-0.39, 0.29) is 11.4 Å². The minimum absolute atomic E-state index is 0.0686. The van der Waals surface area contributed by atoms with Gasteiger partial charge in [-0.15, -0.1) is 0 Å². The molecule has 0 saturated carbocycles. The summed E-state index contributed by atoms with van der Waals surface area (Å²) in [6.45, 7) is 0. The lowest BCUT2D eigenvalue weighted by molar-refractivity contribution is -0.0942. The number of nitrogens with zero attached hydrogens (tertiary/aromatic N) is 3. The summed E-state index contributed by atoms with van der Waals surface area (Å²) in [5.74, 6) is -0.572. The first-order valence-electron chi connectivity index (χ1n) is 8.42. The minimum Gasteiger partial charge on any atom is -0.369 e. The lowest BCUT2D eigenvalue weighted by Crippen LogP contribution is -2.26. The summed E-state index contributed by atoms with van der Waals surface area (Å²) in [7, 11) is 5.34. The molecule has 7 nitrogen and oxygen atoms in total. The molecule has 0 spiro atoms. The van der Waals surface area contributed by atoms with Crippen molar-refractivity contribution in [3.05, 3.63) is 78.4 Å². The molecule has 4 aromatic rings. The molecule has 28 heavy (non-hydrogen) atoms. The van der Waals surface area contributed by atoms with E-state index < -0.39 is 11.6 Å². The molecule has 0 bridgehead atoms. The van der Waals surface area contributed by atoms with Crippen LogP contribution in [0.15, 0.2) is 67.0 Å². The number of imidazole rings is 1. The molecular formula is C20H15BN4O3. The van der Waals surface area contributed by atoms with Crippen molar-refractivity contribution in [3.8, 4) is 22.4 Å². The van der Waals surface area contributed by atoms with Gasteiger partial charge in [0, 0.05) is 11.8 Å². The Morgan fingerprint density at radius 3 is 2.50 bits per heavy atom. The molecule has 136 valence electrons. The van der Waals surface area contributed by atoms with Crippen molar-refractivity contribution in [2.24, 2.45) is 5.73 Å². The predicted molar refractivity (Wildman–Crippen MR) is 104 cm³/mol. The second kappa shape index (κ2) is 6.59. The highest BCUT2D eigenvalue weighted by Crippen LogP contribution is 2.32. The van der Waals surface area contributed by atoms with Crippen LogP contribution >= 0.6 is 0 Å². The van der Waals surface area contributed by atoms with Gasteiger partial charge in [0.1, 0.15) is 11.3 Å². The Hall–Kier alpha value is -3.49. The van der Waals surface area contributed by atoms with E-state index in [1.165, 1.54) is 12.3 Å². The van der Waals surface area contributed by atoms with E-state index in [0.29, 0.717) is 11.3 Å². The Morgan fingerprint density at radius 2 is 1.79 bits per heavy atom. The maximum absolute atomic E-state index is 11.6. The van der Waals surface area contributed by atoms with Gasteiger partial charge >= 0.3 is 0 Å². The van der Waals surface area contributed by atoms with Crippen LogP contribution in [-0.4, -0.2) is 38.3 Å². The van der Waals surface area contributed by atoms with Crippen LogP contribution < -0.4 is 5.73 Å². The summed E-state index contributed by atoms with van der Waals surface area (Å²) in [6, 6.07) is 16.0. The van der Waals surface area contributed by atoms with E-state index >= 15 is 0 Å². The molecule has 4 N–H and O–H groups in total. The molecule has 0 aliphatic rings. The number of aliphatic hydroxyl groups is 2. The van der Waals surface area contributed by atoms with Crippen LogP contribution in [-0.2, 0) is 5.69 Å². The third-order valence-electron chi connectivity index (χ3n) is 4.40. The van der Waals surface area contributed by atoms with Crippen LogP contribution in [0.2, 0.25) is 0 Å². The Balaban J connectivity index is 1.89. The Kier molecular flexibility index (Phi) is 4.22. The van der Waals surface area contributed by atoms with Crippen LogP contribution in [0.5, 0.6) is 0 Å². The number of nitrogens with two attached hydrogens (primary N) is 1. The molecule has 0 aliphatic carbocycles. The molecule has 1 amide bonds. The van der Waals surface area contributed by atoms with Crippen molar-refractivity contribution in [3.63, 3.8) is 0 Å². The first-order valence-corrected chi connectivity index (χ1v) is 8.42. The number of fused-ring (bicyclic) bond motifs is 1. The first kappa shape index (κ1) is 17.9. The van der Waals surface area contributed by atoms with Crippen LogP contribution in [0.3, 0.4) is 0 Å². The van der Waals surface area contributed by atoms with Crippen LogP contribution in [0.4, 0.5) is 0 Å². The topological polar surface area (TPSA) is 114 Å². The van der Waals surface area contributed by atoms with E-state index in [1.807, 2.05) is 30.3 Å². The van der Waals surface area contributed by atoms with Gasteiger partial charge < -0.3 is 15.9 Å². The summed E-state index contributed by atoms with van der Waals surface area (Å²) < 4.78 is 1.63. The average Bonchev–Trinajstić information content (AvgIpc) is 3.11. The monoisotopic (exact) mass is 370 g/mol. The normalized spacial score (nSPS) is 11.6. The van der Waals surface area contributed by atoms with Gasteiger partial charge in [-0.25, -0.2) is 9.97 Å². The number of hydrogen-bond donors (Lipinski definition) is 3. The Labute approximate surface area is 161 Å². The third kappa shape index (κ3) is 3.15. The summed E-state index contributed by atoms with van der Waals surface area (Å²) >= 11 is 0. The zero-order valence-electron chi connectivity index (χ0n) is 14.6. The second-order valence-electron chi connectivity index (χ2n) is 6.33. The van der Waals surface area contributed by atoms with Gasteiger partial charge in [-0.3, -0.25) is 9.20 Å². The molecule has 3 aromatic heterocycles. The highest BCUT2D eigenvalue weighted by molar-refractivity contribution is 6.13. The lowest BCUT2D eigenvalue weighted by Gasteiger charge is -2.17. The highest BCUT2D eigenvalue weighted by atomic mass is 16.5. The van der Waals surface area contributed by atoms with Crippen molar-refractivity contribution in [2.75, 3.05) is 0 Å². The summed E-state index contributed by atoms with van der Waals surface area (Å²) in [5, 5.41) is 19.3. The summed E-state index contributed by atoms with van der Waals surface area (Å²) in [4.78, 5) is 20.1. The van der Waals surface area contributed by atoms with Crippen molar-refractivity contribution in [1.82, 2.24) is 14.4 Å². The molecule has 0 fully saturated rings. The number of hydrogen-bond acceptors (Lipinski definition) is 5. The quantitative estimate of drug-likeness (QED) is 0.371. The Bertz CT molecular complexity index is 1200. The third-order valence-corrected chi connectivity index (χ3v) is 4.40. The smallest absolute Gasteiger partial charge is 0.267 e. The predicted octanol–water partition coefficient (Wildman–Crippen LogP) is 1.43. The van der Waals surface area contributed by atoms with E-state index in [4.69, 9.17) is 13.6 Å². The molecule has 0 aliphatic heterocycles. The fraction of sp³-hybridized carbons (Fsp3) is 0.0500. The molecule has 3 heterocycles. The fourth-order valence-electron chi connectivity index (χ4n) is 3.07. The van der Waals surface area contributed by atoms with Crippen molar-refractivity contribution >= 4 is 19.4 Å². The number of amides is 1. The van der Waals surface area contributed by atoms with Gasteiger partial charge in [0.25, 0.3) is 5.91 Å². The van der Waals surface area contributed by atoms with Gasteiger partial charge in [0.2, 0.25) is 0 Å². The number of aromatic nitrogens is 3. The van der Waals surface area contributed by atoms with Crippen molar-refractivity contribution in [2.45, 2.75) is 5.69 Å². The molecule has 0 atom stereocenters.